The molecule has 0 aliphatic carbocycles. The van der Waals surface area contributed by atoms with E-state index in [0.29, 0.717) is 11.3 Å². The fourth-order valence-corrected chi connectivity index (χ4v) is 2.96. The van der Waals surface area contributed by atoms with Crippen LogP contribution in [0.5, 0.6) is 0 Å². The van der Waals surface area contributed by atoms with E-state index in [1.807, 2.05) is 4.90 Å². The van der Waals surface area contributed by atoms with Crippen LogP contribution in [0.15, 0.2) is 18.2 Å². The molecule has 0 spiro atoms. The molecule has 20 heavy (non-hydrogen) atoms. The first-order valence-corrected chi connectivity index (χ1v) is 7.43. The summed E-state index contributed by atoms with van der Waals surface area (Å²) in [6.45, 7) is 3.76. The minimum absolute atomic E-state index is 0.0659. The zero-order valence-corrected chi connectivity index (χ0v) is 12.3. The molecule has 1 N–H and O–H groups in total. The van der Waals surface area contributed by atoms with Crippen molar-refractivity contribution >= 4 is 11.6 Å². The second-order valence-corrected chi connectivity index (χ2v) is 5.44. The summed E-state index contributed by atoms with van der Waals surface area (Å²) < 4.78 is 13.7. The first-order valence-electron chi connectivity index (χ1n) is 7.43. The summed E-state index contributed by atoms with van der Waals surface area (Å²) in [6, 6.07) is 4.65. The number of carbonyl (C=O) groups excluding carboxylic acids is 1. The Bertz CT molecular complexity index is 468. The summed E-state index contributed by atoms with van der Waals surface area (Å²) in [5.41, 5.74) is 0.731. The van der Waals surface area contributed by atoms with E-state index < -0.39 is 0 Å². The van der Waals surface area contributed by atoms with E-state index in [0.717, 1.165) is 31.8 Å². The molecule has 1 fully saturated rings. The van der Waals surface area contributed by atoms with Gasteiger partial charge in [-0.15, -0.1) is 0 Å². The van der Waals surface area contributed by atoms with Crippen molar-refractivity contribution in [2.45, 2.75) is 32.6 Å². The van der Waals surface area contributed by atoms with Gasteiger partial charge in [-0.2, -0.15) is 0 Å². The number of hydrogen-bond acceptors (Lipinski definition) is 2. The molecule has 3 nitrogen and oxygen atoms in total. The number of hydrogen-bond donors (Lipinski definition) is 1. The molecule has 0 aromatic heterocycles. The van der Waals surface area contributed by atoms with Gasteiger partial charge in [0.2, 0.25) is 0 Å². The van der Waals surface area contributed by atoms with Crippen molar-refractivity contribution in [1.29, 1.82) is 0 Å². The molecule has 0 saturated carbocycles. The normalized spacial score (nSPS) is 16.2. The number of nitrogens with one attached hydrogen (secondary N) is 1. The Morgan fingerprint density at radius 2 is 2.10 bits per heavy atom. The van der Waals surface area contributed by atoms with Gasteiger partial charge in [-0.1, -0.05) is 25.8 Å². The van der Waals surface area contributed by atoms with Gasteiger partial charge in [0.15, 0.2) is 0 Å². The van der Waals surface area contributed by atoms with Crippen LogP contribution in [0.25, 0.3) is 0 Å². The summed E-state index contributed by atoms with van der Waals surface area (Å²) in [5, 5.41) is 2.79. The highest BCUT2D eigenvalue weighted by atomic mass is 19.1. The third-order valence-electron chi connectivity index (χ3n) is 4.09. The first-order chi connectivity index (χ1) is 9.67. The van der Waals surface area contributed by atoms with Crippen LogP contribution in [0.1, 0.15) is 43.0 Å². The average molecular weight is 278 g/mol. The van der Waals surface area contributed by atoms with Gasteiger partial charge >= 0.3 is 0 Å². The van der Waals surface area contributed by atoms with Gasteiger partial charge in [0.25, 0.3) is 5.91 Å². The van der Waals surface area contributed by atoms with Crippen molar-refractivity contribution in [3.8, 4) is 0 Å². The Morgan fingerprint density at radius 3 is 2.70 bits per heavy atom. The monoisotopic (exact) mass is 278 g/mol. The highest BCUT2D eigenvalue weighted by Gasteiger charge is 2.25. The van der Waals surface area contributed by atoms with Crippen molar-refractivity contribution < 1.29 is 9.18 Å². The summed E-state index contributed by atoms with van der Waals surface area (Å²) >= 11 is 0. The fraction of sp³-hybridized carbons (Fsp3) is 0.562. The third kappa shape index (κ3) is 3.11. The molecule has 0 atom stereocenters. The maximum atomic E-state index is 13.7. The predicted molar refractivity (Wildman–Crippen MR) is 79.5 cm³/mol. The molecular weight excluding hydrogens is 255 g/mol. The Morgan fingerprint density at radius 1 is 1.40 bits per heavy atom. The number of amides is 1. The topological polar surface area (TPSA) is 32.3 Å². The van der Waals surface area contributed by atoms with Gasteiger partial charge in [-0.05, 0) is 30.9 Å². The van der Waals surface area contributed by atoms with Gasteiger partial charge in [-0.3, -0.25) is 4.79 Å². The van der Waals surface area contributed by atoms with Crippen LogP contribution < -0.4 is 5.32 Å². The van der Waals surface area contributed by atoms with Crippen molar-refractivity contribution in [1.82, 2.24) is 4.90 Å². The Kier molecular flexibility index (Phi) is 4.99. The highest BCUT2D eigenvalue weighted by Crippen LogP contribution is 2.25. The maximum absolute atomic E-state index is 13.7. The van der Waals surface area contributed by atoms with Crippen molar-refractivity contribution in [2.24, 2.45) is 5.92 Å². The highest BCUT2D eigenvalue weighted by molar-refractivity contribution is 5.99. The molecule has 0 unspecified atom stereocenters. The lowest BCUT2D eigenvalue weighted by atomic mass is 9.92. The lowest BCUT2D eigenvalue weighted by Gasteiger charge is -2.32. The number of piperidine rings is 1. The molecule has 1 heterocycles. The van der Waals surface area contributed by atoms with E-state index in [1.54, 1.807) is 19.2 Å². The number of nitrogens with zero attached hydrogens (tertiary/aromatic N) is 1. The molecular formula is C16H23FN2O. The molecule has 110 valence electrons. The number of likely N-dealkylation sites (tertiary alicyclic amines) is 1. The minimum Gasteiger partial charge on any atom is -0.385 e. The third-order valence-corrected chi connectivity index (χ3v) is 4.09. The Balaban J connectivity index is 2.08. The van der Waals surface area contributed by atoms with Crippen LogP contribution >= 0.6 is 0 Å². The standard InChI is InChI=1S/C16H23FN2O/c1-3-5-12-8-10-19(11-9-12)16(20)13-6-4-7-14(17)15(13)18-2/h4,6-7,12,18H,3,5,8-11H2,1-2H3. The number of anilines is 1. The van der Waals surface area contributed by atoms with E-state index in [2.05, 4.69) is 12.2 Å². The Labute approximate surface area is 120 Å². The SMILES string of the molecule is CCCC1CCN(C(=O)c2cccc(F)c2NC)CC1. The molecule has 0 bridgehead atoms. The molecule has 1 saturated heterocycles. The molecule has 1 aliphatic rings. The maximum Gasteiger partial charge on any atom is 0.256 e. The summed E-state index contributed by atoms with van der Waals surface area (Å²) in [5.74, 6) is 0.295. The van der Waals surface area contributed by atoms with Gasteiger partial charge < -0.3 is 10.2 Å². The Hall–Kier alpha value is -1.58. The molecule has 0 radical (unpaired) electrons. The lowest BCUT2D eigenvalue weighted by molar-refractivity contribution is 0.0687. The van der Waals surface area contributed by atoms with Crippen LogP contribution in [0.4, 0.5) is 10.1 Å². The van der Waals surface area contributed by atoms with Crippen molar-refractivity contribution in [3.05, 3.63) is 29.6 Å². The van der Waals surface area contributed by atoms with Gasteiger partial charge in [0.05, 0.1) is 11.3 Å². The fourth-order valence-electron chi connectivity index (χ4n) is 2.96. The second kappa shape index (κ2) is 6.73. The summed E-state index contributed by atoms with van der Waals surface area (Å²) in [6.07, 6.45) is 4.56. The van der Waals surface area contributed by atoms with Crippen LogP contribution in [0.2, 0.25) is 0 Å². The van der Waals surface area contributed by atoms with Crippen LogP contribution in [-0.2, 0) is 0 Å². The molecule has 1 aromatic rings. The molecule has 1 aromatic carbocycles. The zero-order valence-electron chi connectivity index (χ0n) is 12.3. The number of para-hydroxylation sites is 1. The number of carbonyl (C=O) groups is 1. The number of halogens is 1. The van der Waals surface area contributed by atoms with E-state index >= 15 is 0 Å². The van der Waals surface area contributed by atoms with E-state index in [-0.39, 0.29) is 11.7 Å². The first kappa shape index (κ1) is 14.8. The van der Waals surface area contributed by atoms with Crippen LogP contribution in [-0.4, -0.2) is 30.9 Å². The molecule has 2 rings (SSSR count). The zero-order chi connectivity index (χ0) is 14.5. The average Bonchev–Trinajstić information content (AvgIpc) is 2.47. The van der Waals surface area contributed by atoms with Crippen molar-refractivity contribution in [2.75, 3.05) is 25.5 Å². The van der Waals surface area contributed by atoms with Crippen molar-refractivity contribution in [3.63, 3.8) is 0 Å². The van der Waals surface area contributed by atoms with Gasteiger partial charge in [-0.25, -0.2) is 4.39 Å². The quantitative estimate of drug-likeness (QED) is 0.914. The van der Waals surface area contributed by atoms with Crippen LogP contribution in [0, 0.1) is 11.7 Å². The molecule has 4 heteroatoms. The van der Waals surface area contributed by atoms with E-state index in [4.69, 9.17) is 0 Å². The summed E-state index contributed by atoms with van der Waals surface area (Å²) in [7, 11) is 1.64. The van der Waals surface area contributed by atoms with E-state index in [1.165, 1.54) is 18.9 Å². The molecule has 1 amide bonds. The number of rotatable bonds is 4. The summed E-state index contributed by atoms with van der Waals surface area (Å²) in [4.78, 5) is 14.4. The van der Waals surface area contributed by atoms with E-state index in [9.17, 15) is 9.18 Å². The second-order valence-electron chi connectivity index (χ2n) is 5.44. The van der Waals surface area contributed by atoms with Crippen LogP contribution in [0.3, 0.4) is 0 Å². The number of benzene rings is 1. The predicted octanol–water partition coefficient (Wildman–Crippen LogP) is 3.52. The smallest absolute Gasteiger partial charge is 0.256 e. The lowest BCUT2D eigenvalue weighted by Crippen LogP contribution is -2.38. The van der Waals surface area contributed by atoms with Gasteiger partial charge in [0, 0.05) is 20.1 Å². The largest absolute Gasteiger partial charge is 0.385 e. The molecule has 1 aliphatic heterocycles. The minimum atomic E-state index is -0.376. The van der Waals surface area contributed by atoms with Gasteiger partial charge in [0.1, 0.15) is 5.82 Å².